The maximum atomic E-state index is 13.1. The number of pyridine rings is 1. The number of thioether (sulfide) groups is 1. The van der Waals surface area contributed by atoms with Crippen molar-refractivity contribution in [1.29, 1.82) is 0 Å². The van der Waals surface area contributed by atoms with Gasteiger partial charge >= 0.3 is 0 Å². The van der Waals surface area contributed by atoms with Crippen molar-refractivity contribution in [1.82, 2.24) is 9.88 Å². The molecule has 6 heteroatoms. The number of nitrogens with one attached hydrogen (secondary N) is 1. The lowest BCUT2D eigenvalue weighted by molar-refractivity contribution is 0.0861. The molecule has 1 N–H and O–H groups in total. The number of amidine groups is 1. The summed E-state index contributed by atoms with van der Waals surface area (Å²) in [6.45, 7) is 1.13. The van der Waals surface area contributed by atoms with E-state index in [1.165, 1.54) is 6.07 Å². The van der Waals surface area contributed by atoms with Gasteiger partial charge in [0.1, 0.15) is 0 Å². The third-order valence-corrected chi connectivity index (χ3v) is 5.24. The summed E-state index contributed by atoms with van der Waals surface area (Å²) >= 11 is 1.57. The molecule has 1 aromatic heterocycles. The molecule has 130 valence electrons. The molecule has 0 bridgehead atoms. The van der Waals surface area contributed by atoms with Crippen molar-refractivity contribution < 1.29 is 4.79 Å². The summed E-state index contributed by atoms with van der Waals surface area (Å²) < 4.78 is 0. The molecular weight excluding hydrogens is 346 g/mol. The number of fused-ring (bicyclic) bond motifs is 1. The van der Waals surface area contributed by atoms with Gasteiger partial charge in [-0.15, -0.1) is 0 Å². The van der Waals surface area contributed by atoms with Crippen LogP contribution in [0.1, 0.15) is 15.9 Å². The summed E-state index contributed by atoms with van der Waals surface area (Å²) in [5.74, 6) is 0.629. The summed E-state index contributed by atoms with van der Waals surface area (Å²) in [5.41, 5.74) is 1.90. The first-order chi connectivity index (χ1) is 12.7. The number of nitrogens with zero attached hydrogens (tertiary/aromatic N) is 2. The van der Waals surface area contributed by atoms with E-state index in [9.17, 15) is 9.59 Å². The minimum atomic E-state index is -0.276. The number of carbonyl (C=O) groups excluding carboxylic acids is 1. The van der Waals surface area contributed by atoms with Gasteiger partial charge in [0, 0.05) is 29.3 Å². The zero-order valence-electron chi connectivity index (χ0n) is 14.0. The lowest BCUT2D eigenvalue weighted by atomic mass is 10.1. The van der Waals surface area contributed by atoms with Crippen molar-refractivity contribution in [2.45, 2.75) is 6.54 Å². The van der Waals surface area contributed by atoms with E-state index < -0.39 is 0 Å². The predicted octanol–water partition coefficient (Wildman–Crippen LogP) is 3.27. The average Bonchev–Trinajstić information content (AvgIpc) is 3.14. The van der Waals surface area contributed by atoms with Gasteiger partial charge in [0.2, 0.25) is 5.56 Å². The second-order valence-corrected chi connectivity index (χ2v) is 7.04. The zero-order valence-corrected chi connectivity index (χ0v) is 14.8. The number of rotatable bonds is 3. The summed E-state index contributed by atoms with van der Waals surface area (Å²) in [4.78, 5) is 34.1. The number of benzene rings is 2. The SMILES string of the molecule is O=C(c1cc(=O)[nH]c2ccccc12)N1CCSC1=NCc1ccccc1. The van der Waals surface area contributed by atoms with Crippen LogP contribution in [0.2, 0.25) is 0 Å². The van der Waals surface area contributed by atoms with Crippen LogP contribution >= 0.6 is 11.8 Å². The monoisotopic (exact) mass is 363 g/mol. The van der Waals surface area contributed by atoms with E-state index in [2.05, 4.69) is 9.98 Å². The van der Waals surface area contributed by atoms with Gasteiger partial charge in [-0.3, -0.25) is 19.5 Å². The Morgan fingerprint density at radius 3 is 2.73 bits per heavy atom. The fourth-order valence-corrected chi connectivity index (χ4v) is 3.93. The van der Waals surface area contributed by atoms with Crippen LogP contribution in [0.25, 0.3) is 10.9 Å². The second-order valence-electron chi connectivity index (χ2n) is 5.98. The lowest BCUT2D eigenvalue weighted by Gasteiger charge is -2.17. The van der Waals surface area contributed by atoms with Gasteiger partial charge in [0.15, 0.2) is 5.17 Å². The average molecular weight is 363 g/mol. The Balaban J connectivity index is 1.66. The van der Waals surface area contributed by atoms with Gasteiger partial charge in [-0.05, 0) is 11.6 Å². The second kappa shape index (κ2) is 7.17. The molecule has 0 radical (unpaired) electrons. The molecule has 1 aliphatic rings. The van der Waals surface area contributed by atoms with Crippen LogP contribution in [0.4, 0.5) is 0 Å². The Kier molecular flexibility index (Phi) is 4.58. The molecule has 4 rings (SSSR count). The van der Waals surface area contributed by atoms with Gasteiger partial charge in [0.25, 0.3) is 5.91 Å². The van der Waals surface area contributed by atoms with E-state index >= 15 is 0 Å². The molecule has 0 atom stereocenters. The Hall–Kier alpha value is -2.86. The van der Waals surface area contributed by atoms with Gasteiger partial charge in [-0.1, -0.05) is 60.3 Å². The number of H-pyrrole nitrogens is 1. The quantitative estimate of drug-likeness (QED) is 0.777. The molecule has 1 aliphatic heterocycles. The number of hydrogen-bond donors (Lipinski definition) is 1. The summed E-state index contributed by atoms with van der Waals surface area (Å²) in [7, 11) is 0. The Labute approximate surface area is 154 Å². The van der Waals surface area contributed by atoms with Crippen molar-refractivity contribution in [2.24, 2.45) is 4.99 Å². The van der Waals surface area contributed by atoms with Crippen LogP contribution < -0.4 is 5.56 Å². The van der Waals surface area contributed by atoms with Crippen LogP contribution in [0, 0.1) is 0 Å². The van der Waals surface area contributed by atoms with E-state index in [0.717, 1.165) is 16.7 Å². The maximum absolute atomic E-state index is 13.1. The van der Waals surface area contributed by atoms with E-state index in [0.29, 0.717) is 29.3 Å². The summed E-state index contributed by atoms with van der Waals surface area (Å²) in [6.07, 6.45) is 0. The molecule has 0 aliphatic carbocycles. The molecule has 0 unspecified atom stereocenters. The first-order valence-electron chi connectivity index (χ1n) is 8.37. The predicted molar refractivity (Wildman–Crippen MR) is 106 cm³/mol. The van der Waals surface area contributed by atoms with Crippen LogP contribution in [0.5, 0.6) is 0 Å². The molecular formula is C20H17N3O2S. The topological polar surface area (TPSA) is 65.5 Å². The van der Waals surface area contributed by atoms with Crippen molar-refractivity contribution >= 4 is 33.7 Å². The fourth-order valence-electron chi connectivity index (χ4n) is 2.99. The zero-order chi connectivity index (χ0) is 17.9. The Morgan fingerprint density at radius 2 is 1.88 bits per heavy atom. The molecule has 26 heavy (non-hydrogen) atoms. The smallest absolute Gasteiger partial charge is 0.260 e. The molecule has 1 saturated heterocycles. The summed E-state index contributed by atoms with van der Waals surface area (Å²) in [6, 6.07) is 18.7. The minimum Gasteiger partial charge on any atom is -0.322 e. The fraction of sp³-hybridized carbons (Fsp3) is 0.150. The van der Waals surface area contributed by atoms with Gasteiger partial charge < -0.3 is 4.98 Å². The highest BCUT2D eigenvalue weighted by atomic mass is 32.2. The van der Waals surface area contributed by atoms with Crippen molar-refractivity contribution in [3.8, 4) is 0 Å². The van der Waals surface area contributed by atoms with Crippen molar-refractivity contribution in [2.75, 3.05) is 12.3 Å². The number of aliphatic imine (C=N–C) groups is 1. The van der Waals surface area contributed by atoms with E-state index in [-0.39, 0.29) is 11.5 Å². The van der Waals surface area contributed by atoms with E-state index in [1.807, 2.05) is 48.5 Å². The highest BCUT2D eigenvalue weighted by Crippen LogP contribution is 2.24. The highest BCUT2D eigenvalue weighted by molar-refractivity contribution is 8.14. The number of carbonyl (C=O) groups is 1. The molecule has 2 aromatic carbocycles. The molecule has 1 fully saturated rings. The van der Waals surface area contributed by atoms with E-state index in [4.69, 9.17) is 0 Å². The lowest BCUT2D eigenvalue weighted by Crippen LogP contribution is -2.32. The van der Waals surface area contributed by atoms with Gasteiger partial charge in [-0.2, -0.15) is 0 Å². The molecule has 1 amide bonds. The molecule has 0 saturated carbocycles. The first-order valence-corrected chi connectivity index (χ1v) is 9.36. The number of aromatic amines is 1. The third kappa shape index (κ3) is 3.28. The normalized spacial score (nSPS) is 15.7. The summed E-state index contributed by atoms with van der Waals surface area (Å²) in [5, 5.41) is 1.46. The molecule has 0 spiro atoms. The van der Waals surface area contributed by atoms with Crippen molar-refractivity contribution in [3.05, 3.63) is 82.1 Å². The van der Waals surface area contributed by atoms with E-state index in [1.54, 1.807) is 22.7 Å². The standard InChI is InChI=1S/C20H17N3O2S/c24-18-12-16(15-8-4-5-9-17(15)22-18)19(25)23-10-11-26-20(23)21-13-14-6-2-1-3-7-14/h1-9,12H,10-11,13H2,(H,22,24). The maximum Gasteiger partial charge on any atom is 0.260 e. The largest absolute Gasteiger partial charge is 0.322 e. The number of aromatic nitrogens is 1. The molecule has 5 nitrogen and oxygen atoms in total. The molecule has 3 aromatic rings. The van der Waals surface area contributed by atoms with Gasteiger partial charge in [0.05, 0.1) is 12.1 Å². The third-order valence-electron chi connectivity index (χ3n) is 4.24. The Morgan fingerprint density at radius 1 is 1.12 bits per heavy atom. The van der Waals surface area contributed by atoms with Crippen molar-refractivity contribution in [3.63, 3.8) is 0 Å². The number of para-hydroxylation sites is 1. The van der Waals surface area contributed by atoms with Crippen LogP contribution in [0.15, 0.2) is 70.5 Å². The highest BCUT2D eigenvalue weighted by Gasteiger charge is 2.28. The Bertz CT molecular complexity index is 1040. The number of amides is 1. The molecule has 2 heterocycles. The minimum absolute atomic E-state index is 0.177. The van der Waals surface area contributed by atoms with Crippen LogP contribution in [-0.2, 0) is 6.54 Å². The van der Waals surface area contributed by atoms with Crippen LogP contribution in [-0.4, -0.2) is 33.3 Å². The van der Waals surface area contributed by atoms with Crippen LogP contribution in [0.3, 0.4) is 0 Å². The van der Waals surface area contributed by atoms with Gasteiger partial charge in [-0.25, -0.2) is 0 Å². The number of hydrogen-bond acceptors (Lipinski definition) is 4. The first kappa shape index (κ1) is 16.6.